The fourth-order valence-electron chi connectivity index (χ4n) is 1.66. The van der Waals surface area contributed by atoms with Gasteiger partial charge in [0.25, 0.3) is 0 Å². The van der Waals surface area contributed by atoms with E-state index in [4.69, 9.17) is 5.73 Å². The predicted octanol–water partition coefficient (Wildman–Crippen LogP) is 3.42. The van der Waals surface area contributed by atoms with Crippen LogP contribution in [0, 0.1) is 0 Å². The Hall–Kier alpha value is -2.02. The fraction of sp³-hybridized carbons (Fsp3) is 0.143. The molecule has 2 rings (SSSR count). The number of pyridine rings is 1. The van der Waals surface area contributed by atoms with Gasteiger partial charge in [-0.3, -0.25) is 4.79 Å². The van der Waals surface area contributed by atoms with Gasteiger partial charge in [-0.2, -0.15) is 13.2 Å². The molecule has 2 N–H and O–H groups in total. The molecular weight excluding hydrogens is 301 g/mol. The second-order valence-corrected chi connectivity index (χ2v) is 5.32. The van der Waals surface area contributed by atoms with Crippen LogP contribution in [-0.2, 0) is 11.0 Å². The van der Waals surface area contributed by atoms with Gasteiger partial charge in [-0.15, -0.1) is 0 Å². The van der Waals surface area contributed by atoms with E-state index >= 15 is 0 Å². The molecule has 1 unspecified atom stereocenters. The summed E-state index contributed by atoms with van der Waals surface area (Å²) in [5.74, 6) is -0.576. The Morgan fingerprint density at radius 3 is 2.29 bits per heavy atom. The van der Waals surface area contributed by atoms with Crippen molar-refractivity contribution >= 4 is 17.7 Å². The minimum Gasteiger partial charge on any atom is -0.368 e. The van der Waals surface area contributed by atoms with Crippen LogP contribution in [0.5, 0.6) is 0 Å². The highest BCUT2D eigenvalue weighted by Gasteiger charge is 2.31. The minimum atomic E-state index is -4.43. The molecule has 0 radical (unpaired) electrons. The third kappa shape index (κ3) is 3.98. The van der Waals surface area contributed by atoms with Gasteiger partial charge in [-0.25, -0.2) is 4.98 Å². The Labute approximate surface area is 123 Å². The van der Waals surface area contributed by atoms with Crippen molar-refractivity contribution in [3.63, 3.8) is 0 Å². The fourth-order valence-corrected chi connectivity index (χ4v) is 2.57. The second kappa shape index (κ2) is 6.17. The number of primary amides is 1. The van der Waals surface area contributed by atoms with E-state index < -0.39 is 22.9 Å². The van der Waals surface area contributed by atoms with Gasteiger partial charge in [-0.05, 0) is 17.7 Å². The largest absolute Gasteiger partial charge is 0.417 e. The Balaban J connectivity index is 2.20. The minimum absolute atomic E-state index is 0.302. The number of nitrogens with two attached hydrogens (primary N) is 1. The molecule has 1 aromatic carbocycles. The number of benzene rings is 1. The average Bonchev–Trinajstić information content (AvgIpc) is 2.45. The number of nitrogens with zero attached hydrogens (tertiary/aromatic N) is 1. The number of carbonyl (C=O) groups excluding carboxylic acids is 1. The maximum absolute atomic E-state index is 12.5. The first-order valence-corrected chi connectivity index (χ1v) is 6.80. The highest BCUT2D eigenvalue weighted by Crippen LogP contribution is 2.35. The van der Waals surface area contributed by atoms with Crippen molar-refractivity contribution < 1.29 is 18.0 Å². The van der Waals surface area contributed by atoms with Crippen LogP contribution < -0.4 is 5.73 Å². The van der Waals surface area contributed by atoms with Crippen molar-refractivity contribution in [1.82, 2.24) is 4.98 Å². The molecule has 0 fully saturated rings. The lowest BCUT2D eigenvalue weighted by molar-refractivity contribution is -0.137. The van der Waals surface area contributed by atoms with Crippen LogP contribution in [0.25, 0.3) is 0 Å². The lowest BCUT2D eigenvalue weighted by atomic mass is 10.1. The van der Waals surface area contributed by atoms with Gasteiger partial charge in [0.15, 0.2) is 0 Å². The molecule has 21 heavy (non-hydrogen) atoms. The molecule has 0 aliphatic heterocycles. The summed E-state index contributed by atoms with van der Waals surface area (Å²) in [6, 6.07) is 10.9. The van der Waals surface area contributed by atoms with Crippen LogP contribution in [0.15, 0.2) is 53.7 Å². The zero-order valence-electron chi connectivity index (χ0n) is 10.7. The van der Waals surface area contributed by atoms with Crippen molar-refractivity contribution in [2.24, 2.45) is 5.73 Å². The normalized spacial score (nSPS) is 12.9. The second-order valence-electron chi connectivity index (χ2n) is 4.19. The summed E-state index contributed by atoms with van der Waals surface area (Å²) in [7, 11) is 0. The van der Waals surface area contributed by atoms with E-state index in [-0.39, 0.29) is 0 Å². The number of thioether (sulfide) groups is 1. The molecule has 110 valence electrons. The van der Waals surface area contributed by atoms with Crippen molar-refractivity contribution in [1.29, 1.82) is 0 Å². The van der Waals surface area contributed by atoms with Crippen LogP contribution in [-0.4, -0.2) is 10.9 Å². The molecule has 2 aromatic rings. The molecular formula is C14H11F3N2OS. The van der Waals surface area contributed by atoms with Crippen molar-refractivity contribution in [2.45, 2.75) is 16.5 Å². The molecule has 1 heterocycles. The molecule has 7 heteroatoms. The number of halogens is 3. The molecule has 1 amide bonds. The van der Waals surface area contributed by atoms with E-state index in [1.807, 2.05) is 0 Å². The molecule has 1 aromatic heterocycles. The van der Waals surface area contributed by atoms with Crippen LogP contribution in [0.2, 0.25) is 0 Å². The first-order valence-electron chi connectivity index (χ1n) is 5.92. The third-order valence-electron chi connectivity index (χ3n) is 2.66. The van der Waals surface area contributed by atoms with Crippen molar-refractivity contribution in [2.75, 3.05) is 0 Å². The predicted molar refractivity (Wildman–Crippen MR) is 73.5 cm³/mol. The summed E-state index contributed by atoms with van der Waals surface area (Å²) < 4.78 is 37.4. The smallest absolute Gasteiger partial charge is 0.368 e. The van der Waals surface area contributed by atoms with E-state index in [1.54, 1.807) is 30.3 Å². The highest BCUT2D eigenvalue weighted by atomic mass is 32.2. The summed E-state index contributed by atoms with van der Waals surface area (Å²) >= 11 is 1.02. The van der Waals surface area contributed by atoms with Crippen LogP contribution >= 0.6 is 11.8 Å². The zero-order chi connectivity index (χ0) is 15.5. The van der Waals surface area contributed by atoms with Gasteiger partial charge < -0.3 is 5.73 Å². The van der Waals surface area contributed by atoms with Gasteiger partial charge in [0.05, 0.1) is 10.6 Å². The number of hydrogen-bond acceptors (Lipinski definition) is 3. The van der Waals surface area contributed by atoms with E-state index in [0.29, 0.717) is 10.6 Å². The Morgan fingerprint density at radius 1 is 1.14 bits per heavy atom. The number of aromatic nitrogens is 1. The molecule has 0 bridgehead atoms. The first kappa shape index (κ1) is 15.4. The lowest BCUT2D eigenvalue weighted by Crippen LogP contribution is -2.19. The summed E-state index contributed by atoms with van der Waals surface area (Å²) in [5, 5.41) is -0.397. The summed E-state index contributed by atoms with van der Waals surface area (Å²) in [6.45, 7) is 0. The molecule has 0 aliphatic carbocycles. The van der Waals surface area contributed by atoms with E-state index in [1.165, 1.54) is 6.07 Å². The maximum atomic E-state index is 12.5. The zero-order valence-corrected chi connectivity index (χ0v) is 11.5. The van der Waals surface area contributed by atoms with Gasteiger partial charge in [-0.1, -0.05) is 42.1 Å². The number of hydrogen-bond donors (Lipinski definition) is 1. The Morgan fingerprint density at radius 2 is 1.81 bits per heavy atom. The van der Waals surface area contributed by atoms with Gasteiger partial charge >= 0.3 is 6.18 Å². The van der Waals surface area contributed by atoms with E-state index in [0.717, 1.165) is 24.0 Å². The van der Waals surface area contributed by atoms with Crippen LogP contribution in [0.1, 0.15) is 16.4 Å². The number of alkyl halides is 3. The monoisotopic (exact) mass is 312 g/mol. The molecule has 3 nitrogen and oxygen atoms in total. The molecule has 0 spiro atoms. The number of carbonyl (C=O) groups is 1. The van der Waals surface area contributed by atoms with Crippen LogP contribution in [0.3, 0.4) is 0 Å². The highest BCUT2D eigenvalue weighted by molar-refractivity contribution is 8.00. The number of rotatable bonds is 4. The van der Waals surface area contributed by atoms with Crippen molar-refractivity contribution in [3.8, 4) is 0 Å². The first-order chi connectivity index (χ1) is 9.88. The van der Waals surface area contributed by atoms with Gasteiger partial charge in [0.2, 0.25) is 5.91 Å². The SMILES string of the molecule is NC(=O)C(Sc1ccc(C(F)(F)F)cn1)c1ccccc1. The molecule has 0 saturated heterocycles. The molecule has 0 saturated carbocycles. The van der Waals surface area contributed by atoms with Crippen molar-refractivity contribution in [3.05, 3.63) is 59.8 Å². The standard InChI is InChI=1S/C14H11F3N2OS/c15-14(16,17)10-6-7-11(19-8-10)21-12(13(18)20)9-4-2-1-3-5-9/h1-8,12H,(H2,18,20). The third-order valence-corrected chi connectivity index (χ3v) is 3.89. The summed E-state index contributed by atoms with van der Waals surface area (Å²) in [5.41, 5.74) is 5.19. The Kier molecular flexibility index (Phi) is 4.52. The van der Waals surface area contributed by atoms with Crippen LogP contribution in [0.4, 0.5) is 13.2 Å². The average molecular weight is 312 g/mol. The summed E-state index contributed by atoms with van der Waals surface area (Å²) in [4.78, 5) is 15.3. The van der Waals surface area contributed by atoms with E-state index in [9.17, 15) is 18.0 Å². The Bertz CT molecular complexity index is 614. The van der Waals surface area contributed by atoms with E-state index in [2.05, 4.69) is 4.98 Å². The quantitative estimate of drug-likeness (QED) is 0.880. The number of amides is 1. The topological polar surface area (TPSA) is 56.0 Å². The van der Waals surface area contributed by atoms with Gasteiger partial charge in [0, 0.05) is 6.20 Å². The maximum Gasteiger partial charge on any atom is 0.417 e. The molecule has 0 aliphatic rings. The summed E-state index contributed by atoms with van der Waals surface area (Å²) in [6.07, 6.45) is -3.69. The van der Waals surface area contributed by atoms with Gasteiger partial charge in [0.1, 0.15) is 5.25 Å². The molecule has 1 atom stereocenters. The lowest BCUT2D eigenvalue weighted by Gasteiger charge is -2.13.